The Morgan fingerprint density at radius 1 is 1.00 bits per heavy atom. The Morgan fingerprint density at radius 2 is 1.74 bits per heavy atom. The number of anilines is 5. The number of hydrogen-bond donors (Lipinski definition) is 1. The molecule has 4 heterocycles. The third kappa shape index (κ3) is 5.62. The quantitative estimate of drug-likeness (QED) is 0.464. The second-order valence-electron chi connectivity index (χ2n) is 11.4. The van der Waals surface area contributed by atoms with E-state index in [0.717, 1.165) is 57.8 Å². The van der Waals surface area contributed by atoms with Crippen molar-refractivity contribution in [2.75, 3.05) is 82.1 Å². The summed E-state index contributed by atoms with van der Waals surface area (Å²) >= 11 is 0. The van der Waals surface area contributed by atoms with Crippen LogP contribution in [0.4, 0.5) is 28.8 Å². The SMILES string of the molecule is CCN1C(=O)c2ccccc2N(C)c2nc(Nc3ccc(C(=O)N4CCC(N5CCN(C)CC5)CC4)cc3OC)ncc21. The molecule has 0 aliphatic carbocycles. The van der Waals surface area contributed by atoms with Crippen molar-refractivity contribution in [1.29, 1.82) is 0 Å². The van der Waals surface area contributed by atoms with Crippen molar-refractivity contribution in [3.05, 3.63) is 59.8 Å². The lowest BCUT2D eigenvalue weighted by Gasteiger charge is -2.42. The number of carbonyl (C=O) groups excluding carboxylic acids is 2. The monoisotopic (exact) mass is 584 g/mol. The van der Waals surface area contributed by atoms with Gasteiger partial charge in [0.05, 0.1) is 30.2 Å². The van der Waals surface area contributed by atoms with Gasteiger partial charge in [0.15, 0.2) is 5.82 Å². The minimum absolute atomic E-state index is 0.0209. The van der Waals surface area contributed by atoms with Crippen LogP contribution in [0.5, 0.6) is 5.75 Å². The second kappa shape index (κ2) is 12.2. The lowest BCUT2D eigenvalue weighted by atomic mass is 10.0. The lowest BCUT2D eigenvalue weighted by Crippen LogP contribution is -2.52. The summed E-state index contributed by atoms with van der Waals surface area (Å²) in [5.41, 5.74) is 3.28. The van der Waals surface area contributed by atoms with Crippen LogP contribution in [0, 0.1) is 0 Å². The number of likely N-dealkylation sites (N-methyl/N-ethyl adjacent to an activating group) is 1. The Balaban J connectivity index is 1.18. The molecule has 0 unspecified atom stereocenters. The van der Waals surface area contributed by atoms with Crippen LogP contribution < -0.4 is 19.9 Å². The summed E-state index contributed by atoms with van der Waals surface area (Å²) in [6, 6.07) is 13.5. The fourth-order valence-corrected chi connectivity index (χ4v) is 6.35. The number of nitrogens with one attached hydrogen (secondary N) is 1. The summed E-state index contributed by atoms with van der Waals surface area (Å²) in [7, 11) is 5.66. The maximum absolute atomic E-state index is 13.4. The molecule has 11 heteroatoms. The van der Waals surface area contributed by atoms with E-state index in [2.05, 4.69) is 27.1 Å². The van der Waals surface area contributed by atoms with Gasteiger partial charge in [-0.15, -0.1) is 0 Å². The molecule has 0 spiro atoms. The number of likely N-dealkylation sites (tertiary alicyclic amines) is 1. The van der Waals surface area contributed by atoms with Gasteiger partial charge in [-0.3, -0.25) is 14.5 Å². The second-order valence-corrected chi connectivity index (χ2v) is 11.4. The van der Waals surface area contributed by atoms with Gasteiger partial charge in [0.2, 0.25) is 5.95 Å². The van der Waals surface area contributed by atoms with Gasteiger partial charge >= 0.3 is 0 Å². The Labute approximate surface area is 253 Å². The van der Waals surface area contributed by atoms with Crippen LogP contribution in [0.2, 0.25) is 0 Å². The van der Waals surface area contributed by atoms with Gasteiger partial charge in [-0.25, -0.2) is 4.98 Å². The Hall–Kier alpha value is -4.22. The summed E-state index contributed by atoms with van der Waals surface area (Å²) in [5.74, 6) is 1.44. The number of rotatable bonds is 6. The average molecular weight is 585 g/mol. The van der Waals surface area contributed by atoms with Crippen molar-refractivity contribution in [2.45, 2.75) is 25.8 Å². The molecule has 1 N–H and O–H groups in total. The topological polar surface area (TPSA) is 97.4 Å². The van der Waals surface area contributed by atoms with Crippen molar-refractivity contribution in [2.24, 2.45) is 0 Å². The molecule has 0 saturated carbocycles. The summed E-state index contributed by atoms with van der Waals surface area (Å²) in [6.45, 7) is 8.37. The molecular formula is C32H40N8O3. The van der Waals surface area contributed by atoms with E-state index in [-0.39, 0.29) is 11.8 Å². The molecular weight excluding hydrogens is 544 g/mol. The van der Waals surface area contributed by atoms with Crippen molar-refractivity contribution < 1.29 is 14.3 Å². The standard InChI is InChI=1S/C32H40N8O3/c1-5-40-27-21-33-32(35-29(27)37(3)26-9-7-6-8-24(26)31(40)42)34-25-11-10-22(20-28(25)43-4)30(41)39-14-12-23(13-15-39)38-18-16-36(2)17-19-38/h6-11,20-21,23H,5,12-19H2,1-4H3,(H,33,34,35). The fraction of sp³-hybridized carbons (Fsp3) is 0.438. The summed E-state index contributed by atoms with van der Waals surface area (Å²) in [6.07, 6.45) is 3.67. The van der Waals surface area contributed by atoms with E-state index in [1.54, 1.807) is 24.3 Å². The zero-order chi connectivity index (χ0) is 30.1. The minimum Gasteiger partial charge on any atom is -0.495 e. The molecule has 2 fully saturated rings. The van der Waals surface area contributed by atoms with E-state index in [0.29, 0.717) is 52.6 Å². The summed E-state index contributed by atoms with van der Waals surface area (Å²) in [4.78, 5) is 46.6. The normalized spacial score (nSPS) is 18.2. The molecule has 3 aliphatic heterocycles. The highest BCUT2D eigenvalue weighted by molar-refractivity contribution is 6.13. The molecule has 0 radical (unpaired) electrons. The predicted octanol–water partition coefficient (Wildman–Crippen LogP) is 3.83. The minimum atomic E-state index is -0.0847. The Bertz CT molecular complexity index is 1500. The molecule has 2 saturated heterocycles. The third-order valence-electron chi connectivity index (χ3n) is 8.92. The van der Waals surface area contributed by atoms with Crippen LogP contribution in [0.3, 0.4) is 0 Å². The van der Waals surface area contributed by atoms with Gasteiger partial charge in [-0.1, -0.05) is 12.1 Å². The maximum atomic E-state index is 13.4. The number of hydrogen-bond acceptors (Lipinski definition) is 9. The molecule has 2 amide bonds. The van der Waals surface area contributed by atoms with E-state index >= 15 is 0 Å². The molecule has 6 rings (SSSR count). The maximum Gasteiger partial charge on any atom is 0.260 e. The molecule has 3 aliphatic rings. The number of fused-ring (bicyclic) bond motifs is 2. The number of ether oxygens (including phenoxy) is 1. The summed E-state index contributed by atoms with van der Waals surface area (Å²) < 4.78 is 5.69. The first-order valence-corrected chi connectivity index (χ1v) is 15.1. The van der Waals surface area contributed by atoms with Gasteiger partial charge in [0, 0.05) is 64.5 Å². The number of nitrogens with zero attached hydrogens (tertiary/aromatic N) is 7. The van der Waals surface area contributed by atoms with Crippen molar-refractivity contribution >= 4 is 40.6 Å². The molecule has 226 valence electrons. The highest BCUT2D eigenvalue weighted by Gasteiger charge is 2.31. The predicted molar refractivity (Wildman–Crippen MR) is 168 cm³/mol. The van der Waals surface area contributed by atoms with E-state index in [1.807, 2.05) is 60.2 Å². The van der Waals surface area contributed by atoms with Crippen LogP contribution in [0.15, 0.2) is 48.7 Å². The molecule has 43 heavy (non-hydrogen) atoms. The number of benzene rings is 2. The molecule has 0 atom stereocenters. The van der Waals surface area contributed by atoms with E-state index in [9.17, 15) is 9.59 Å². The lowest BCUT2D eigenvalue weighted by molar-refractivity contribution is 0.0518. The van der Waals surface area contributed by atoms with Crippen LogP contribution >= 0.6 is 0 Å². The van der Waals surface area contributed by atoms with E-state index in [1.165, 1.54) is 0 Å². The zero-order valence-corrected chi connectivity index (χ0v) is 25.4. The molecule has 2 aromatic carbocycles. The van der Waals surface area contributed by atoms with Gasteiger partial charge in [-0.2, -0.15) is 4.98 Å². The van der Waals surface area contributed by atoms with Gasteiger partial charge < -0.3 is 29.7 Å². The Kier molecular flexibility index (Phi) is 8.18. The number of amides is 2. The van der Waals surface area contributed by atoms with Gasteiger partial charge in [-0.05, 0) is 57.1 Å². The van der Waals surface area contributed by atoms with Crippen LogP contribution in [-0.4, -0.2) is 110 Å². The van der Waals surface area contributed by atoms with Gasteiger partial charge in [0.1, 0.15) is 11.4 Å². The summed E-state index contributed by atoms with van der Waals surface area (Å²) in [5, 5.41) is 3.26. The molecule has 0 bridgehead atoms. The smallest absolute Gasteiger partial charge is 0.260 e. The van der Waals surface area contributed by atoms with E-state index < -0.39 is 0 Å². The number of aromatic nitrogens is 2. The number of methoxy groups -OCH3 is 1. The van der Waals surface area contributed by atoms with Crippen molar-refractivity contribution in [3.63, 3.8) is 0 Å². The van der Waals surface area contributed by atoms with Crippen molar-refractivity contribution in [1.82, 2.24) is 24.7 Å². The fourth-order valence-electron chi connectivity index (χ4n) is 6.35. The first-order chi connectivity index (χ1) is 20.9. The third-order valence-corrected chi connectivity index (χ3v) is 8.92. The number of piperidine rings is 1. The number of piperazine rings is 1. The van der Waals surface area contributed by atoms with E-state index in [4.69, 9.17) is 9.72 Å². The van der Waals surface area contributed by atoms with Crippen molar-refractivity contribution in [3.8, 4) is 5.75 Å². The number of para-hydroxylation sites is 1. The molecule has 3 aromatic rings. The molecule has 11 nitrogen and oxygen atoms in total. The first kappa shape index (κ1) is 28.9. The number of carbonyl (C=O) groups is 2. The van der Waals surface area contributed by atoms with Crippen LogP contribution in [0.1, 0.15) is 40.5 Å². The highest BCUT2D eigenvalue weighted by atomic mass is 16.5. The van der Waals surface area contributed by atoms with Gasteiger partial charge in [0.25, 0.3) is 11.8 Å². The van der Waals surface area contributed by atoms with Crippen LogP contribution in [-0.2, 0) is 0 Å². The molecule has 1 aromatic heterocycles. The average Bonchev–Trinajstić information content (AvgIpc) is 3.13. The highest BCUT2D eigenvalue weighted by Crippen LogP contribution is 2.39. The largest absolute Gasteiger partial charge is 0.495 e. The van der Waals surface area contributed by atoms with Crippen LogP contribution in [0.25, 0.3) is 0 Å². The zero-order valence-electron chi connectivity index (χ0n) is 25.4. The Morgan fingerprint density at radius 3 is 2.47 bits per heavy atom. The first-order valence-electron chi connectivity index (χ1n) is 15.1.